The number of fused-ring (bicyclic) bond motifs is 2. The maximum absolute atomic E-state index is 14.1. The van der Waals surface area contributed by atoms with Crippen molar-refractivity contribution in [2.75, 3.05) is 7.11 Å². The summed E-state index contributed by atoms with van der Waals surface area (Å²) in [5, 5.41) is 28.9. The number of nitrogens with zero attached hydrogens (tertiary/aromatic N) is 7. The lowest BCUT2D eigenvalue weighted by Gasteiger charge is -2.34. The highest BCUT2D eigenvalue weighted by molar-refractivity contribution is 6.99. The van der Waals surface area contributed by atoms with E-state index in [0.717, 1.165) is 51.4 Å². The number of rotatable bonds is 7. The molecule has 3 N–H and O–H groups in total. The summed E-state index contributed by atoms with van der Waals surface area (Å²) in [6.45, 7) is 0. The number of ether oxygens (including phenoxy) is 1. The van der Waals surface area contributed by atoms with Gasteiger partial charge in [0.05, 0.1) is 18.8 Å². The van der Waals surface area contributed by atoms with E-state index in [0.29, 0.717) is 52.8 Å². The molecule has 0 amide bonds. The zero-order valence-electron chi connectivity index (χ0n) is 30.4. The van der Waals surface area contributed by atoms with Crippen molar-refractivity contribution in [1.82, 2.24) is 49.8 Å². The second-order valence-corrected chi connectivity index (χ2v) is 14.3. The van der Waals surface area contributed by atoms with Crippen molar-refractivity contribution in [2.24, 2.45) is 0 Å². The van der Waals surface area contributed by atoms with Crippen LogP contribution in [0.4, 0.5) is 17.6 Å². The summed E-state index contributed by atoms with van der Waals surface area (Å²) in [6.07, 6.45) is 8.88. The third-order valence-electron chi connectivity index (χ3n) is 10.6. The second kappa shape index (κ2) is 14.8. The number of methoxy groups -OCH3 is 1. The van der Waals surface area contributed by atoms with Gasteiger partial charge in [0.2, 0.25) is 5.82 Å². The smallest absolute Gasteiger partial charge is 0.255 e. The first-order chi connectivity index (χ1) is 28.3. The quantitative estimate of drug-likeness (QED) is 0.137. The number of benzene rings is 4. The average Bonchev–Trinajstić information content (AvgIpc) is 4.10. The van der Waals surface area contributed by atoms with Crippen molar-refractivity contribution < 1.29 is 22.3 Å². The minimum Gasteiger partial charge on any atom is -0.479 e. The highest BCUT2D eigenvalue weighted by atomic mass is 32.1. The molecule has 0 spiro atoms. The van der Waals surface area contributed by atoms with Crippen molar-refractivity contribution in [3.05, 3.63) is 177 Å². The predicted molar refractivity (Wildman–Crippen MR) is 208 cm³/mol. The van der Waals surface area contributed by atoms with Gasteiger partial charge < -0.3 is 4.74 Å². The molecule has 0 saturated heterocycles. The number of hydrogen-bond donors (Lipinski definition) is 3. The van der Waals surface area contributed by atoms with Gasteiger partial charge in [0.1, 0.15) is 11.4 Å². The van der Waals surface area contributed by atoms with Gasteiger partial charge in [-0.2, -0.15) is 19.8 Å². The molecule has 0 bridgehead atoms. The highest BCUT2D eigenvalue weighted by Gasteiger charge is 2.39. The Balaban J connectivity index is 0.000000151. The molecule has 0 saturated carbocycles. The monoisotopic (exact) mass is 798 g/mol. The Morgan fingerprint density at radius 2 is 1.12 bits per heavy atom. The number of aromatic nitrogens is 10. The van der Waals surface area contributed by atoms with E-state index in [-0.39, 0.29) is 0 Å². The summed E-state index contributed by atoms with van der Waals surface area (Å²) < 4.78 is 69.1. The minimum absolute atomic E-state index is 0.391. The van der Waals surface area contributed by atoms with Crippen molar-refractivity contribution >= 4 is 23.9 Å². The second-order valence-electron chi connectivity index (χ2n) is 13.7. The molecule has 4 heterocycles. The summed E-state index contributed by atoms with van der Waals surface area (Å²) in [4.78, 5) is 0. The zero-order valence-corrected chi connectivity index (χ0v) is 31.2. The van der Waals surface area contributed by atoms with Crippen molar-refractivity contribution in [2.45, 2.75) is 23.7 Å². The first-order valence-corrected chi connectivity index (χ1v) is 18.7. The number of hydrogen-bond acceptors (Lipinski definition) is 9. The molecule has 2 unspecified atom stereocenters. The number of H-pyrrole nitrogens is 3. The van der Waals surface area contributed by atoms with Crippen LogP contribution in [0, 0.1) is 23.3 Å². The normalized spacial score (nSPS) is 17.9. The Morgan fingerprint density at radius 1 is 0.586 bits per heavy atom. The number of halogens is 4. The SMILES string of the molecule is COc1nsnc1-c1n[nH]c2c1C=CC(c1ccccc1)(c1ccc(F)c(F)c1)C2.Fc1ccc(C2(c3ccccc3)C=Cc3c(-c4nn[nH]n4)n[nH]c3C2)cc1F. The summed E-state index contributed by atoms with van der Waals surface area (Å²) in [7, 11) is 1.54. The molecular weight excluding hydrogens is 769 g/mol. The summed E-state index contributed by atoms with van der Waals surface area (Å²) in [5.41, 5.74) is 7.23. The fourth-order valence-corrected chi connectivity index (χ4v) is 8.27. The fourth-order valence-electron chi connectivity index (χ4n) is 7.75. The molecule has 4 aromatic heterocycles. The Bertz CT molecular complexity index is 2800. The molecule has 2 atom stereocenters. The first kappa shape index (κ1) is 36.6. The number of allylic oxidation sites excluding steroid dienone is 2. The molecule has 58 heavy (non-hydrogen) atoms. The van der Waals surface area contributed by atoms with Crippen LogP contribution in [-0.2, 0) is 23.7 Å². The molecule has 0 radical (unpaired) electrons. The van der Waals surface area contributed by atoms with Crippen LogP contribution in [0.25, 0.3) is 35.1 Å². The Morgan fingerprint density at radius 3 is 1.62 bits per heavy atom. The van der Waals surface area contributed by atoms with Gasteiger partial charge in [-0.05, 0) is 51.7 Å². The molecular formula is C42H30F4N10OS. The molecule has 0 aliphatic heterocycles. The minimum atomic E-state index is -0.871. The summed E-state index contributed by atoms with van der Waals surface area (Å²) in [5.74, 6) is -2.66. The topological polar surface area (TPSA) is 147 Å². The van der Waals surface area contributed by atoms with Gasteiger partial charge in [-0.1, -0.05) is 97.1 Å². The summed E-state index contributed by atoms with van der Waals surface area (Å²) >= 11 is 1.06. The molecule has 16 heteroatoms. The van der Waals surface area contributed by atoms with E-state index in [2.05, 4.69) is 49.8 Å². The van der Waals surface area contributed by atoms with Gasteiger partial charge in [-0.25, -0.2) is 17.6 Å². The first-order valence-electron chi connectivity index (χ1n) is 18.0. The fraction of sp³-hybridized carbons (Fsp3) is 0.119. The van der Waals surface area contributed by atoms with Gasteiger partial charge in [0.15, 0.2) is 29.0 Å². The van der Waals surface area contributed by atoms with Crippen LogP contribution in [-0.4, -0.2) is 56.9 Å². The van der Waals surface area contributed by atoms with Crippen LogP contribution in [0.15, 0.2) is 109 Å². The van der Waals surface area contributed by atoms with E-state index in [9.17, 15) is 17.6 Å². The molecule has 2 aliphatic rings. The molecule has 11 nitrogen and oxygen atoms in total. The Labute approximate surface area is 331 Å². The summed E-state index contributed by atoms with van der Waals surface area (Å²) in [6, 6.07) is 27.6. The van der Waals surface area contributed by atoms with E-state index in [1.807, 2.05) is 85.0 Å². The van der Waals surface area contributed by atoms with Crippen LogP contribution >= 0.6 is 11.7 Å². The average molecular weight is 799 g/mol. The standard InChI is InChI=1S/C22H16F2N4OS.C20H14F2N6/c1-29-21-20(27-30-28-21)19-15-9-10-22(12-18(15)25-26-19,13-5-3-2-4-6-13)14-7-8-16(23)17(24)11-14;21-15-7-6-13(10-16(15)22)20(12-4-2-1-3-5-12)9-8-14-17(11-20)23-24-18(14)19-25-27-28-26-19/h2-11H,12H2,1H3,(H,25,26);1-10H,11H2,(H,23,24)(H,25,26,27,28). The van der Waals surface area contributed by atoms with Gasteiger partial charge in [-0.15, -0.1) is 14.6 Å². The molecule has 2 aliphatic carbocycles. The van der Waals surface area contributed by atoms with Crippen LogP contribution in [0.3, 0.4) is 0 Å². The van der Waals surface area contributed by atoms with Crippen LogP contribution in [0.1, 0.15) is 44.8 Å². The number of nitrogens with one attached hydrogen (secondary N) is 3. The zero-order chi connectivity index (χ0) is 39.9. The van der Waals surface area contributed by atoms with Gasteiger partial charge in [0.25, 0.3) is 5.88 Å². The maximum atomic E-state index is 14.1. The van der Waals surface area contributed by atoms with Crippen LogP contribution in [0.5, 0.6) is 5.88 Å². The molecule has 8 aromatic rings. The van der Waals surface area contributed by atoms with Crippen LogP contribution in [0.2, 0.25) is 0 Å². The van der Waals surface area contributed by atoms with Gasteiger partial charge in [-0.3, -0.25) is 10.2 Å². The van der Waals surface area contributed by atoms with Gasteiger partial charge >= 0.3 is 0 Å². The molecule has 10 rings (SSSR count). The molecule has 4 aromatic carbocycles. The van der Waals surface area contributed by atoms with Gasteiger partial charge in [0, 0.05) is 46.2 Å². The third kappa shape index (κ3) is 6.27. The lowest BCUT2D eigenvalue weighted by atomic mass is 9.68. The number of tetrazole rings is 1. The highest BCUT2D eigenvalue weighted by Crippen LogP contribution is 2.45. The van der Waals surface area contributed by atoms with E-state index < -0.39 is 34.1 Å². The van der Waals surface area contributed by atoms with E-state index in [1.165, 1.54) is 18.2 Å². The van der Waals surface area contributed by atoms with Crippen molar-refractivity contribution in [3.63, 3.8) is 0 Å². The van der Waals surface area contributed by atoms with E-state index in [4.69, 9.17) is 4.74 Å². The number of aromatic amines is 3. The lowest BCUT2D eigenvalue weighted by molar-refractivity contribution is 0.403. The maximum Gasteiger partial charge on any atom is 0.255 e. The Kier molecular flexibility index (Phi) is 9.32. The van der Waals surface area contributed by atoms with Crippen LogP contribution < -0.4 is 4.74 Å². The largest absolute Gasteiger partial charge is 0.479 e. The van der Waals surface area contributed by atoms with Crippen molar-refractivity contribution in [3.8, 4) is 28.8 Å². The van der Waals surface area contributed by atoms with E-state index >= 15 is 0 Å². The van der Waals surface area contributed by atoms with Crippen molar-refractivity contribution in [1.29, 1.82) is 0 Å². The molecule has 0 fully saturated rings. The van der Waals surface area contributed by atoms with E-state index in [1.54, 1.807) is 19.2 Å². The Hall–Kier alpha value is -7.07. The predicted octanol–water partition coefficient (Wildman–Crippen LogP) is 8.19. The molecule has 288 valence electrons. The third-order valence-corrected chi connectivity index (χ3v) is 11.1. The lowest BCUT2D eigenvalue weighted by Crippen LogP contribution is -2.30.